The molecule has 1 rings (SSSR count). The molecule has 0 atom stereocenters. The number of aryl methyl sites for hydroxylation is 1. The van der Waals surface area contributed by atoms with Crippen LogP contribution in [0.2, 0.25) is 0 Å². The van der Waals surface area contributed by atoms with Crippen LogP contribution in [0.15, 0.2) is 27.6 Å². The van der Waals surface area contributed by atoms with E-state index in [1.165, 1.54) is 0 Å². The van der Waals surface area contributed by atoms with Crippen molar-refractivity contribution in [1.82, 2.24) is 4.72 Å². The highest BCUT2D eigenvalue weighted by atomic mass is 79.9. The second kappa shape index (κ2) is 4.42. The van der Waals surface area contributed by atoms with Crippen LogP contribution < -0.4 is 4.72 Å². The van der Waals surface area contributed by atoms with Gasteiger partial charge in [-0.2, -0.15) is 0 Å². The first-order valence-corrected chi connectivity index (χ1v) is 6.51. The summed E-state index contributed by atoms with van der Waals surface area (Å²) in [5.74, 6) is 0. The normalized spacial score (nSPS) is 11.6. The van der Waals surface area contributed by atoms with Gasteiger partial charge in [0.05, 0.1) is 4.90 Å². The van der Waals surface area contributed by atoms with Crippen molar-refractivity contribution in [3.63, 3.8) is 0 Å². The first-order valence-electron chi connectivity index (χ1n) is 4.23. The van der Waals surface area contributed by atoms with Crippen LogP contribution in [0.25, 0.3) is 0 Å². The molecule has 0 aliphatic rings. The van der Waals surface area contributed by atoms with Crippen molar-refractivity contribution < 1.29 is 8.42 Å². The van der Waals surface area contributed by atoms with Crippen molar-refractivity contribution in [3.8, 4) is 0 Å². The van der Waals surface area contributed by atoms with Gasteiger partial charge >= 0.3 is 0 Å². The Labute approximate surface area is 92.7 Å². The summed E-state index contributed by atoms with van der Waals surface area (Å²) in [4.78, 5) is 0.289. The third-order valence-corrected chi connectivity index (χ3v) is 4.19. The highest BCUT2D eigenvalue weighted by Crippen LogP contribution is 2.20. The molecule has 0 heterocycles. The van der Waals surface area contributed by atoms with E-state index in [1.807, 2.05) is 6.92 Å². The molecule has 78 valence electrons. The summed E-state index contributed by atoms with van der Waals surface area (Å²) < 4.78 is 26.4. The summed E-state index contributed by atoms with van der Waals surface area (Å²) in [6, 6.07) is 4.97. The van der Waals surface area contributed by atoms with Crippen molar-refractivity contribution in [2.24, 2.45) is 0 Å². The van der Waals surface area contributed by atoms with Crippen molar-refractivity contribution in [3.05, 3.63) is 28.2 Å². The van der Waals surface area contributed by atoms with Crippen LogP contribution in [0.3, 0.4) is 0 Å². The third kappa shape index (κ3) is 2.56. The number of sulfonamides is 1. The average molecular weight is 278 g/mol. The summed E-state index contributed by atoms with van der Waals surface area (Å²) in [5.41, 5.74) is 1.01. The summed E-state index contributed by atoms with van der Waals surface area (Å²) in [6.07, 6.45) is 0. The Bertz CT molecular complexity index is 428. The summed E-state index contributed by atoms with van der Waals surface area (Å²) in [5, 5.41) is 0. The molecule has 0 bridgehead atoms. The van der Waals surface area contributed by atoms with Crippen LogP contribution in [-0.4, -0.2) is 15.0 Å². The van der Waals surface area contributed by atoms with E-state index < -0.39 is 10.0 Å². The molecular formula is C9H12BrNO2S. The molecule has 0 amide bonds. The third-order valence-electron chi connectivity index (χ3n) is 1.79. The molecule has 0 spiro atoms. The zero-order chi connectivity index (χ0) is 10.8. The number of nitrogens with one attached hydrogen (secondary N) is 1. The maximum atomic E-state index is 11.6. The summed E-state index contributed by atoms with van der Waals surface area (Å²) >= 11 is 3.30. The second-order valence-corrected chi connectivity index (χ2v) is 5.53. The van der Waals surface area contributed by atoms with Crippen molar-refractivity contribution in [2.45, 2.75) is 18.7 Å². The van der Waals surface area contributed by atoms with E-state index in [-0.39, 0.29) is 4.90 Å². The van der Waals surface area contributed by atoms with Crippen LogP contribution in [0.5, 0.6) is 0 Å². The van der Waals surface area contributed by atoms with Gasteiger partial charge in [-0.05, 0) is 24.6 Å². The SMILES string of the molecule is CCNS(=O)(=O)c1ccc(C)c(Br)c1. The van der Waals surface area contributed by atoms with Crippen LogP contribution in [0, 0.1) is 6.92 Å². The van der Waals surface area contributed by atoms with Gasteiger partial charge in [0.25, 0.3) is 0 Å². The van der Waals surface area contributed by atoms with Crippen molar-refractivity contribution >= 4 is 26.0 Å². The predicted octanol–water partition coefficient (Wildman–Crippen LogP) is 2.06. The fourth-order valence-electron chi connectivity index (χ4n) is 1.01. The van der Waals surface area contributed by atoms with E-state index in [2.05, 4.69) is 20.7 Å². The van der Waals surface area contributed by atoms with E-state index in [4.69, 9.17) is 0 Å². The molecule has 14 heavy (non-hydrogen) atoms. The predicted molar refractivity (Wildman–Crippen MR) is 59.7 cm³/mol. The van der Waals surface area contributed by atoms with Crippen LogP contribution in [0.1, 0.15) is 12.5 Å². The molecule has 0 unspecified atom stereocenters. The molecule has 1 aromatic carbocycles. The lowest BCUT2D eigenvalue weighted by Crippen LogP contribution is -2.23. The molecule has 0 aliphatic heterocycles. The number of hydrogen-bond acceptors (Lipinski definition) is 2. The molecule has 0 fully saturated rings. The van der Waals surface area contributed by atoms with Gasteiger partial charge < -0.3 is 0 Å². The number of rotatable bonds is 3. The van der Waals surface area contributed by atoms with E-state index in [1.54, 1.807) is 25.1 Å². The quantitative estimate of drug-likeness (QED) is 0.919. The molecule has 1 aromatic rings. The standard InChI is InChI=1S/C9H12BrNO2S/c1-3-11-14(12,13)8-5-4-7(2)9(10)6-8/h4-6,11H,3H2,1-2H3. The fourth-order valence-corrected chi connectivity index (χ4v) is 2.61. The Kier molecular flexibility index (Phi) is 3.69. The molecule has 5 heteroatoms. The van der Waals surface area contributed by atoms with Gasteiger partial charge in [0.15, 0.2) is 0 Å². The molecular weight excluding hydrogens is 266 g/mol. The Morgan fingerprint density at radius 1 is 1.43 bits per heavy atom. The Hall–Kier alpha value is -0.390. The molecule has 0 saturated carbocycles. The van der Waals surface area contributed by atoms with Crippen LogP contribution in [0.4, 0.5) is 0 Å². The monoisotopic (exact) mass is 277 g/mol. The Morgan fingerprint density at radius 2 is 2.07 bits per heavy atom. The van der Waals surface area contributed by atoms with Gasteiger partial charge in [0.1, 0.15) is 0 Å². The lowest BCUT2D eigenvalue weighted by atomic mass is 10.2. The highest BCUT2D eigenvalue weighted by molar-refractivity contribution is 9.10. The van der Waals surface area contributed by atoms with Gasteiger partial charge in [-0.1, -0.05) is 28.9 Å². The summed E-state index contributed by atoms with van der Waals surface area (Å²) in [7, 11) is -3.33. The van der Waals surface area contributed by atoms with Crippen molar-refractivity contribution in [2.75, 3.05) is 6.54 Å². The minimum absolute atomic E-state index is 0.289. The van der Waals surface area contributed by atoms with Gasteiger partial charge in [-0.25, -0.2) is 13.1 Å². The van der Waals surface area contributed by atoms with Crippen LogP contribution >= 0.6 is 15.9 Å². The summed E-state index contributed by atoms with van der Waals surface area (Å²) in [6.45, 7) is 4.06. The molecule has 0 aliphatic carbocycles. The maximum Gasteiger partial charge on any atom is 0.240 e. The Morgan fingerprint density at radius 3 is 2.57 bits per heavy atom. The Balaban J connectivity index is 3.15. The minimum Gasteiger partial charge on any atom is -0.211 e. The van der Waals surface area contributed by atoms with E-state index in [0.29, 0.717) is 6.54 Å². The lowest BCUT2D eigenvalue weighted by Gasteiger charge is -2.05. The van der Waals surface area contributed by atoms with E-state index in [0.717, 1.165) is 10.0 Å². The smallest absolute Gasteiger partial charge is 0.211 e. The first kappa shape index (κ1) is 11.7. The van der Waals surface area contributed by atoms with E-state index >= 15 is 0 Å². The number of halogens is 1. The minimum atomic E-state index is -3.33. The van der Waals surface area contributed by atoms with Crippen molar-refractivity contribution in [1.29, 1.82) is 0 Å². The molecule has 0 saturated heterocycles. The topological polar surface area (TPSA) is 46.2 Å². The van der Waals surface area contributed by atoms with Crippen LogP contribution in [-0.2, 0) is 10.0 Å². The van der Waals surface area contributed by atoms with Gasteiger partial charge in [0, 0.05) is 11.0 Å². The molecule has 1 N–H and O–H groups in total. The number of benzene rings is 1. The highest BCUT2D eigenvalue weighted by Gasteiger charge is 2.12. The van der Waals surface area contributed by atoms with E-state index in [9.17, 15) is 8.42 Å². The zero-order valence-electron chi connectivity index (χ0n) is 8.04. The average Bonchev–Trinajstić information content (AvgIpc) is 2.09. The van der Waals surface area contributed by atoms with Gasteiger partial charge in [-0.3, -0.25) is 0 Å². The molecule has 0 aromatic heterocycles. The maximum absolute atomic E-state index is 11.6. The largest absolute Gasteiger partial charge is 0.240 e. The fraction of sp³-hybridized carbons (Fsp3) is 0.333. The van der Waals surface area contributed by atoms with Gasteiger partial charge in [0.2, 0.25) is 10.0 Å². The molecule has 0 radical (unpaired) electrons. The second-order valence-electron chi connectivity index (χ2n) is 2.91. The molecule has 3 nitrogen and oxygen atoms in total. The zero-order valence-corrected chi connectivity index (χ0v) is 10.4. The number of hydrogen-bond donors (Lipinski definition) is 1. The first-order chi connectivity index (χ1) is 6.47. The van der Waals surface area contributed by atoms with Gasteiger partial charge in [-0.15, -0.1) is 0 Å². The lowest BCUT2D eigenvalue weighted by molar-refractivity contribution is 0.584.